The SMILES string of the molecule is BC(C)S(C)(C)CCCc1ccccc1O. The van der Waals surface area contributed by atoms with Crippen molar-refractivity contribution in [1.82, 2.24) is 0 Å². The fourth-order valence-electron chi connectivity index (χ4n) is 1.59. The molecule has 1 rings (SSSR count). The van der Waals surface area contributed by atoms with E-state index in [9.17, 15) is 5.11 Å². The Balaban J connectivity index is 2.45. The minimum absolute atomic E-state index is 0.444. The summed E-state index contributed by atoms with van der Waals surface area (Å²) < 4.78 is 0. The van der Waals surface area contributed by atoms with E-state index in [1.165, 1.54) is 12.2 Å². The highest BCUT2D eigenvalue weighted by molar-refractivity contribution is 8.33. The molecule has 1 nitrogen and oxygen atoms in total. The molecular formula is C13H23BOS. The van der Waals surface area contributed by atoms with Crippen molar-refractivity contribution in [2.24, 2.45) is 0 Å². The number of hydrogen-bond donors (Lipinski definition) is 1. The predicted molar refractivity (Wildman–Crippen MR) is 78.7 cm³/mol. The maximum atomic E-state index is 9.66. The second-order valence-electron chi connectivity index (χ2n) is 5.11. The molecule has 0 fully saturated rings. The molecule has 0 bridgehead atoms. The quantitative estimate of drug-likeness (QED) is 0.781. The monoisotopic (exact) mass is 238 g/mol. The molecule has 0 radical (unpaired) electrons. The average molecular weight is 238 g/mol. The highest BCUT2D eigenvalue weighted by atomic mass is 32.3. The van der Waals surface area contributed by atoms with E-state index in [0.717, 1.165) is 17.1 Å². The van der Waals surface area contributed by atoms with Crippen molar-refractivity contribution in [2.75, 3.05) is 18.3 Å². The van der Waals surface area contributed by atoms with Crippen molar-refractivity contribution in [3.63, 3.8) is 0 Å². The first-order valence-electron chi connectivity index (χ1n) is 5.90. The largest absolute Gasteiger partial charge is 0.508 e. The summed E-state index contributed by atoms with van der Waals surface area (Å²) >= 11 is 0. The molecule has 0 spiro atoms. The van der Waals surface area contributed by atoms with Crippen molar-refractivity contribution in [3.8, 4) is 5.75 Å². The summed E-state index contributed by atoms with van der Waals surface area (Å²) in [6.45, 7) is 2.31. The van der Waals surface area contributed by atoms with Gasteiger partial charge in [0, 0.05) is 0 Å². The third-order valence-corrected chi connectivity index (χ3v) is 7.28. The van der Waals surface area contributed by atoms with Crippen LogP contribution >= 0.6 is 10.0 Å². The number of phenolic OH excluding ortho intramolecular Hbond substituents is 1. The molecule has 1 aromatic carbocycles. The number of aromatic hydroxyl groups is 1. The highest BCUT2D eigenvalue weighted by Crippen LogP contribution is 2.44. The molecule has 1 unspecified atom stereocenters. The Morgan fingerprint density at radius 2 is 1.94 bits per heavy atom. The standard InChI is InChI=1S/C13H23BOS/c1-11(14)16(2,3)10-6-8-12-7-4-5-9-13(12)15/h4-5,7,9,11,15H,6,8,10,14H2,1-3H3. The molecule has 0 saturated carbocycles. The van der Waals surface area contributed by atoms with Gasteiger partial charge < -0.3 is 5.11 Å². The first-order chi connectivity index (χ1) is 7.43. The van der Waals surface area contributed by atoms with Crippen LogP contribution in [0.15, 0.2) is 24.3 Å². The number of hydrogen-bond acceptors (Lipinski definition) is 1. The molecule has 0 amide bonds. The lowest BCUT2D eigenvalue weighted by atomic mass is 10.1. The van der Waals surface area contributed by atoms with Crippen molar-refractivity contribution in [2.45, 2.75) is 24.9 Å². The van der Waals surface area contributed by atoms with Gasteiger partial charge in [0.05, 0.1) is 0 Å². The first-order valence-corrected chi connectivity index (χ1v) is 8.58. The van der Waals surface area contributed by atoms with Crippen molar-refractivity contribution in [3.05, 3.63) is 29.8 Å². The summed E-state index contributed by atoms with van der Waals surface area (Å²) in [7, 11) is 1.85. The Kier molecular flexibility index (Phi) is 4.78. The van der Waals surface area contributed by atoms with Gasteiger partial charge in [-0.1, -0.05) is 25.1 Å². The van der Waals surface area contributed by atoms with Crippen LogP contribution in [-0.4, -0.2) is 36.4 Å². The van der Waals surface area contributed by atoms with Crippen LogP contribution in [0.25, 0.3) is 0 Å². The molecule has 0 aliphatic rings. The number of benzene rings is 1. The van der Waals surface area contributed by atoms with Crippen LogP contribution in [0, 0.1) is 0 Å². The Bertz CT molecular complexity index is 336. The molecule has 0 aliphatic heterocycles. The summed E-state index contributed by atoms with van der Waals surface area (Å²) in [5, 5.41) is 10.4. The summed E-state index contributed by atoms with van der Waals surface area (Å²) in [4.78, 5) is 0. The molecule has 1 aromatic rings. The maximum absolute atomic E-state index is 9.66. The maximum Gasteiger partial charge on any atom is 0.118 e. The Morgan fingerprint density at radius 1 is 1.31 bits per heavy atom. The van der Waals surface area contributed by atoms with E-state index in [2.05, 4.69) is 27.3 Å². The third-order valence-electron chi connectivity index (χ3n) is 3.38. The van der Waals surface area contributed by atoms with Gasteiger partial charge in [-0.05, 0) is 47.9 Å². The topological polar surface area (TPSA) is 20.2 Å². The van der Waals surface area contributed by atoms with E-state index in [1.54, 1.807) is 6.07 Å². The zero-order valence-electron chi connectivity index (χ0n) is 10.9. The molecule has 16 heavy (non-hydrogen) atoms. The van der Waals surface area contributed by atoms with Crippen LogP contribution in [0.5, 0.6) is 5.75 Å². The molecule has 3 heteroatoms. The van der Waals surface area contributed by atoms with E-state index in [0.29, 0.717) is 5.75 Å². The summed E-state index contributed by atoms with van der Waals surface area (Å²) in [5.41, 5.74) is 1.08. The van der Waals surface area contributed by atoms with Gasteiger partial charge in [-0.3, -0.25) is 10.0 Å². The lowest BCUT2D eigenvalue weighted by molar-refractivity contribution is 0.467. The summed E-state index contributed by atoms with van der Waals surface area (Å²) in [6.07, 6.45) is 6.99. The van der Waals surface area contributed by atoms with Crippen LogP contribution < -0.4 is 0 Å². The van der Waals surface area contributed by atoms with Crippen molar-refractivity contribution < 1.29 is 5.11 Å². The first kappa shape index (κ1) is 13.5. The Labute approximate surface area is 102 Å². The van der Waals surface area contributed by atoms with Gasteiger partial charge in [-0.25, -0.2) is 0 Å². The van der Waals surface area contributed by atoms with Gasteiger partial charge >= 0.3 is 0 Å². The van der Waals surface area contributed by atoms with E-state index < -0.39 is 10.0 Å². The fourth-order valence-corrected chi connectivity index (χ4v) is 2.95. The van der Waals surface area contributed by atoms with Crippen molar-refractivity contribution in [1.29, 1.82) is 0 Å². The summed E-state index contributed by atoms with van der Waals surface area (Å²) in [6, 6.07) is 7.67. The van der Waals surface area contributed by atoms with Gasteiger partial charge in [0.15, 0.2) is 0 Å². The van der Waals surface area contributed by atoms with Crippen LogP contribution in [-0.2, 0) is 6.42 Å². The minimum Gasteiger partial charge on any atom is -0.508 e. The van der Waals surface area contributed by atoms with Gasteiger partial charge in [0.1, 0.15) is 13.6 Å². The molecule has 0 aliphatic carbocycles. The van der Waals surface area contributed by atoms with Gasteiger partial charge in [-0.2, -0.15) is 0 Å². The number of para-hydroxylation sites is 1. The number of phenols is 1. The highest BCUT2D eigenvalue weighted by Gasteiger charge is 2.15. The zero-order valence-corrected chi connectivity index (χ0v) is 11.7. The van der Waals surface area contributed by atoms with Crippen LogP contribution in [0.4, 0.5) is 0 Å². The molecule has 1 N–H and O–H groups in total. The molecule has 90 valence electrons. The average Bonchev–Trinajstić information content (AvgIpc) is 2.20. The molecule has 1 atom stereocenters. The van der Waals surface area contributed by atoms with Crippen LogP contribution in [0.2, 0.25) is 0 Å². The predicted octanol–water partition coefficient (Wildman–Crippen LogP) is 2.37. The normalized spacial score (nSPS) is 14.7. The third kappa shape index (κ3) is 3.78. The van der Waals surface area contributed by atoms with Crippen molar-refractivity contribution >= 4 is 17.9 Å². The fraction of sp³-hybridized carbons (Fsp3) is 0.538. The van der Waals surface area contributed by atoms with Gasteiger partial charge in [0.2, 0.25) is 0 Å². The van der Waals surface area contributed by atoms with E-state index in [1.807, 2.05) is 18.2 Å². The van der Waals surface area contributed by atoms with E-state index in [4.69, 9.17) is 0 Å². The zero-order chi connectivity index (χ0) is 12.2. The van der Waals surface area contributed by atoms with Crippen LogP contribution in [0.1, 0.15) is 18.9 Å². The van der Waals surface area contributed by atoms with Crippen LogP contribution in [0.3, 0.4) is 0 Å². The van der Waals surface area contributed by atoms with Gasteiger partial charge in [0.25, 0.3) is 0 Å². The number of rotatable bonds is 5. The second kappa shape index (κ2) is 5.67. The van der Waals surface area contributed by atoms with E-state index in [-0.39, 0.29) is 0 Å². The number of aryl methyl sites for hydroxylation is 1. The molecule has 0 aromatic heterocycles. The molecule has 0 saturated heterocycles. The lowest BCUT2D eigenvalue weighted by Crippen LogP contribution is -2.16. The Morgan fingerprint density at radius 3 is 2.50 bits per heavy atom. The second-order valence-corrected chi connectivity index (χ2v) is 9.71. The Hall–Kier alpha value is -0.565. The van der Waals surface area contributed by atoms with E-state index >= 15 is 0 Å². The lowest BCUT2D eigenvalue weighted by Gasteiger charge is -2.36. The smallest absolute Gasteiger partial charge is 0.118 e. The molecule has 0 heterocycles. The summed E-state index contributed by atoms with van der Waals surface area (Å²) in [5.74, 6) is 1.73. The minimum atomic E-state index is -0.463. The molecular weight excluding hydrogens is 215 g/mol. The van der Waals surface area contributed by atoms with Gasteiger partial charge in [-0.15, -0.1) is 0 Å².